The highest BCUT2D eigenvalue weighted by atomic mass is 32.2. The van der Waals surface area contributed by atoms with Gasteiger partial charge in [0.25, 0.3) is 0 Å². The molecule has 0 bridgehead atoms. The first kappa shape index (κ1) is 17.3. The standard InChI is InChI=1S/C18H22N2O2S2/c1-2-22-16-6-4-14(5-7-16)18-19-15(13-24-18)12-17(21)20-8-3-10-23-11-9-20/h4-7,13H,2-3,8-12H2,1H3. The van der Waals surface area contributed by atoms with Crippen LogP contribution in [0, 0.1) is 0 Å². The van der Waals surface area contributed by atoms with Crippen LogP contribution in [0.2, 0.25) is 0 Å². The van der Waals surface area contributed by atoms with Crippen molar-refractivity contribution in [3.05, 3.63) is 35.3 Å². The summed E-state index contributed by atoms with van der Waals surface area (Å²) in [5.74, 6) is 3.26. The number of carbonyl (C=O) groups is 1. The number of thioether (sulfide) groups is 1. The second kappa shape index (κ2) is 8.53. The molecule has 128 valence electrons. The number of nitrogens with zero attached hydrogens (tertiary/aromatic N) is 2. The van der Waals surface area contributed by atoms with Crippen molar-refractivity contribution in [1.82, 2.24) is 9.88 Å². The molecule has 1 amide bonds. The Bertz CT molecular complexity index is 662. The number of thiazole rings is 1. The van der Waals surface area contributed by atoms with Gasteiger partial charge in [0, 0.05) is 29.8 Å². The monoisotopic (exact) mass is 362 g/mol. The fourth-order valence-corrected chi connectivity index (χ4v) is 4.36. The zero-order chi connectivity index (χ0) is 16.8. The lowest BCUT2D eigenvalue weighted by molar-refractivity contribution is -0.130. The fraction of sp³-hybridized carbons (Fsp3) is 0.444. The molecule has 0 radical (unpaired) electrons. The van der Waals surface area contributed by atoms with Crippen molar-refractivity contribution in [3.8, 4) is 16.3 Å². The number of ether oxygens (including phenoxy) is 1. The molecule has 2 aromatic rings. The maximum absolute atomic E-state index is 12.4. The summed E-state index contributed by atoms with van der Waals surface area (Å²) in [5, 5.41) is 2.95. The largest absolute Gasteiger partial charge is 0.494 e. The summed E-state index contributed by atoms with van der Waals surface area (Å²) in [7, 11) is 0. The molecule has 0 aliphatic carbocycles. The van der Waals surface area contributed by atoms with Gasteiger partial charge in [0.2, 0.25) is 5.91 Å². The molecule has 0 unspecified atom stereocenters. The first-order chi connectivity index (χ1) is 11.8. The summed E-state index contributed by atoms with van der Waals surface area (Å²) in [6.07, 6.45) is 1.49. The molecule has 0 N–H and O–H groups in total. The second-order valence-corrected chi connectivity index (χ2v) is 7.71. The maximum atomic E-state index is 12.4. The summed E-state index contributed by atoms with van der Waals surface area (Å²) < 4.78 is 5.46. The molecule has 0 saturated carbocycles. The van der Waals surface area contributed by atoms with Crippen molar-refractivity contribution in [2.75, 3.05) is 31.2 Å². The van der Waals surface area contributed by atoms with Gasteiger partial charge in [-0.2, -0.15) is 11.8 Å². The van der Waals surface area contributed by atoms with E-state index < -0.39 is 0 Å². The summed E-state index contributed by atoms with van der Waals surface area (Å²) in [4.78, 5) is 19.1. The predicted octanol–water partition coefficient (Wildman–Crippen LogP) is 3.72. The van der Waals surface area contributed by atoms with Crippen LogP contribution in [-0.4, -0.2) is 47.0 Å². The molecule has 1 aliphatic heterocycles. The van der Waals surface area contributed by atoms with Crippen LogP contribution in [0.5, 0.6) is 5.75 Å². The highest BCUT2D eigenvalue weighted by molar-refractivity contribution is 7.99. The average molecular weight is 363 g/mol. The maximum Gasteiger partial charge on any atom is 0.228 e. The molecular weight excluding hydrogens is 340 g/mol. The van der Waals surface area contributed by atoms with Crippen LogP contribution in [0.15, 0.2) is 29.6 Å². The Morgan fingerprint density at radius 2 is 2.08 bits per heavy atom. The fourth-order valence-electron chi connectivity index (χ4n) is 2.64. The molecule has 24 heavy (non-hydrogen) atoms. The Balaban J connectivity index is 1.63. The van der Waals surface area contributed by atoms with Gasteiger partial charge in [-0.05, 0) is 43.4 Å². The number of hydrogen-bond acceptors (Lipinski definition) is 5. The minimum atomic E-state index is 0.195. The van der Waals surface area contributed by atoms with E-state index in [1.165, 1.54) is 0 Å². The molecule has 6 heteroatoms. The van der Waals surface area contributed by atoms with Gasteiger partial charge in [0.05, 0.1) is 18.7 Å². The molecule has 1 fully saturated rings. The third-order valence-electron chi connectivity index (χ3n) is 3.87. The summed E-state index contributed by atoms with van der Waals surface area (Å²) in [5.41, 5.74) is 1.93. The SMILES string of the molecule is CCOc1ccc(-c2nc(CC(=O)N3CCCSCC3)cs2)cc1. The van der Waals surface area contributed by atoms with Crippen LogP contribution in [0.25, 0.3) is 10.6 Å². The molecule has 0 spiro atoms. The third-order valence-corrected chi connectivity index (χ3v) is 5.86. The van der Waals surface area contributed by atoms with Gasteiger partial charge in [-0.1, -0.05) is 0 Å². The normalized spacial score (nSPS) is 15.1. The van der Waals surface area contributed by atoms with E-state index in [1.807, 2.05) is 53.2 Å². The molecule has 0 atom stereocenters. The van der Waals surface area contributed by atoms with E-state index >= 15 is 0 Å². The highest BCUT2D eigenvalue weighted by Gasteiger charge is 2.17. The Morgan fingerprint density at radius 3 is 2.88 bits per heavy atom. The van der Waals surface area contributed by atoms with Gasteiger partial charge in [0.15, 0.2) is 0 Å². The van der Waals surface area contributed by atoms with E-state index in [0.29, 0.717) is 13.0 Å². The zero-order valence-electron chi connectivity index (χ0n) is 13.9. The van der Waals surface area contributed by atoms with E-state index in [-0.39, 0.29) is 5.91 Å². The molecule has 1 aliphatic rings. The molecule has 1 saturated heterocycles. The first-order valence-corrected chi connectivity index (χ1v) is 10.3. The minimum absolute atomic E-state index is 0.195. The van der Waals surface area contributed by atoms with Gasteiger partial charge in [0.1, 0.15) is 10.8 Å². The molecule has 3 rings (SSSR count). The van der Waals surface area contributed by atoms with Gasteiger partial charge >= 0.3 is 0 Å². The number of aromatic nitrogens is 1. The van der Waals surface area contributed by atoms with Gasteiger partial charge in [-0.15, -0.1) is 11.3 Å². The lowest BCUT2D eigenvalue weighted by Crippen LogP contribution is -2.34. The lowest BCUT2D eigenvalue weighted by atomic mass is 10.2. The number of carbonyl (C=O) groups excluding carboxylic acids is 1. The summed E-state index contributed by atoms with van der Waals surface area (Å²) in [6, 6.07) is 7.95. The van der Waals surface area contributed by atoms with Crippen LogP contribution in [0.1, 0.15) is 19.0 Å². The zero-order valence-corrected chi connectivity index (χ0v) is 15.5. The number of rotatable bonds is 5. The van der Waals surface area contributed by atoms with Crippen LogP contribution in [-0.2, 0) is 11.2 Å². The van der Waals surface area contributed by atoms with Crippen LogP contribution in [0.4, 0.5) is 0 Å². The van der Waals surface area contributed by atoms with Crippen molar-refractivity contribution < 1.29 is 9.53 Å². The van der Waals surface area contributed by atoms with Gasteiger partial charge in [-0.3, -0.25) is 4.79 Å². The third kappa shape index (κ3) is 4.51. The Kier molecular flexibility index (Phi) is 6.15. The molecule has 2 heterocycles. The molecular formula is C18H22N2O2S2. The number of hydrogen-bond donors (Lipinski definition) is 0. The molecule has 4 nitrogen and oxygen atoms in total. The average Bonchev–Trinajstić information content (AvgIpc) is 2.88. The smallest absolute Gasteiger partial charge is 0.228 e. The van der Waals surface area contributed by atoms with E-state index in [4.69, 9.17) is 4.74 Å². The quantitative estimate of drug-likeness (QED) is 0.813. The lowest BCUT2D eigenvalue weighted by Gasteiger charge is -2.19. The van der Waals surface area contributed by atoms with Gasteiger partial charge < -0.3 is 9.64 Å². The summed E-state index contributed by atoms with van der Waals surface area (Å²) >= 11 is 3.52. The second-order valence-electron chi connectivity index (χ2n) is 5.62. The van der Waals surface area contributed by atoms with Crippen molar-refractivity contribution in [2.45, 2.75) is 19.8 Å². The topological polar surface area (TPSA) is 42.4 Å². The van der Waals surface area contributed by atoms with Crippen LogP contribution >= 0.6 is 23.1 Å². The van der Waals surface area contributed by atoms with Crippen molar-refractivity contribution in [3.63, 3.8) is 0 Å². The minimum Gasteiger partial charge on any atom is -0.494 e. The van der Waals surface area contributed by atoms with E-state index in [9.17, 15) is 4.79 Å². The Morgan fingerprint density at radius 1 is 1.25 bits per heavy atom. The molecule has 1 aromatic carbocycles. The van der Waals surface area contributed by atoms with E-state index in [0.717, 1.165) is 53.0 Å². The number of amides is 1. The van der Waals surface area contributed by atoms with E-state index in [1.54, 1.807) is 11.3 Å². The highest BCUT2D eigenvalue weighted by Crippen LogP contribution is 2.26. The van der Waals surface area contributed by atoms with Crippen LogP contribution < -0.4 is 4.74 Å². The Hall–Kier alpha value is -1.53. The Labute approximate surface area is 151 Å². The molecule has 1 aromatic heterocycles. The van der Waals surface area contributed by atoms with Crippen molar-refractivity contribution in [1.29, 1.82) is 0 Å². The predicted molar refractivity (Wildman–Crippen MR) is 101 cm³/mol. The first-order valence-electron chi connectivity index (χ1n) is 8.29. The summed E-state index contributed by atoms with van der Waals surface area (Å²) in [6.45, 7) is 4.37. The van der Waals surface area contributed by atoms with Gasteiger partial charge in [-0.25, -0.2) is 4.98 Å². The van der Waals surface area contributed by atoms with E-state index in [2.05, 4.69) is 4.98 Å². The van der Waals surface area contributed by atoms with Crippen molar-refractivity contribution >= 4 is 29.0 Å². The van der Waals surface area contributed by atoms with Crippen molar-refractivity contribution in [2.24, 2.45) is 0 Å². The van der Waals surface area contributed by atoms with Crippen LogP contribution in [0.3, 0.4) is 0 Å². The number of benzene rings is 1.